The number of benzene rings is 1. The summed E-state index contributed by atoms with van der Waals surface area (Å²) in [5, 5.41) is 20.8. The molecule has 0 aromatic heterocycles. The molecule has 1 aromatic carbocycles. The van der Waals surface area contributed by atoms with Crippen molar-refractivity contribution in [2.75, 3.05) is 0 Å². The molecule has 0 fully saturated rings. The highest BCUT2D eigenvalue weighted by Gasteiger charge is 2.13. The number of nitrogens with zero attached hydrogens (tertiary/aromatic N) is 1. The van der Waals surface area contributed by atoms with Gasteiger partial charge in [-0.2, -0.15) is 0 Å². The number of carboxylic acids is 1. The molecule has 0 heterocycles. The Kier molecular flexibility index (Phi) is 2.62. The van der Waals surface area contributed by atoms with Crippen LogP contribution in [-0.4, -0.2) is 10.9 Å². The lowest BCUT2D eigenvalue weighted by atomic mass is 10.2. The largest absolute Gasteiger partial charge is 0.545 e. The van der Waals surface area contributed by atoms with Crippen LogP contribution in [0.1, 0.15) is 10.4 Å². The third-order valence-electron chi connectivity index (χ3n) is 1.38. The third kappa shape index (κ3) is 2.03. The fourth-order valence-corrected chi connectivity index (χ4v) is 1.19. The number of carboxylic acid groups (broad SMARTS) is 1. The number of rotatable bonds is 2. The average molecular weight is 245 g/mol. The van der Waals surface area contributed by atoms with Gasteiger partial charge in [-0.25, -0.2) is 0 Å². The molecule has 0 bridgehead atoms. The molecule has 0 saturated heterocycles. The van der Waals surface area contributed by atoms with Crippen LogP contribution in [0.5, 0.6) is 0 Å². The lowest BCUT2D eigenvalue weighted by molar-refractivity contribution is -0.385. The summed E-state index contributed by atoms with van der Waals surface area (Å²) in [6, 6.07) is 3.63. The van der Waals surface area contributed by atoms with E-state index in [1.807, 2.05) is 0 Å². The molecule has 13 heavy (non-hydrogen) atoms. The van der Waals surface area contributed by atoms with Crippen molar-refractivity contribution >= 4 is 27.6 Å². The quantitative estimate of drug-likeness (QED) is 0.567. The van der Waals surface area contributed by atoms with Gasteiger partial charge in [0.25, 0.3) is 5.69 Å². The molecule has 68 valence electrons. The molecule has 1 aromatic rings. The van der Waals surface area contributed by atoms with Crippen LogP contribution in [0.4, 0.5) is 5.69 Å². The highest BCUT2D eigenvalue weighted by molar-refractivity contribution is 9.10. The first kappa shape index (κ1) is 9.66. The number of halogens is 1. The summed E-state index contributed by atoms with van der Waals surface area (Å²) in [4.78, 5) is 20.0. The van der Waals surface area contributed by atoms with Gasteiger partial charge >= 0.3 is 0 Å². The summed E-state index contributed by atoms with van der Waals surface area (Å²) in [6.45, 7) is 0. The molecule has 0 amide bonds. The maximum absolute atomic E-state index is 10.4. The minimum Gasteiger partial charge on any atom is -0.545 e. The van der Waals surface area contributed by atoms with Crippen molar-refractivity contribution in [2.24, 2.45) is 0 Å². The van der Waals surface area contributed by atoms with Gasteiger partial charge in [0.05, 0.1) is 16.5 Å². The molecule has 0 aliphatic rings. The monoisotopic (exact) mass is 244 g/mol. The summed E-state index contributed by atoms with van der Waals surface area (Å²) in [5.74, 6) is -1.56. The van der Waals surface area contributed by atoms with E-state index in [0.29, 0.717) is 4.47 Å². The van der Waals surface area contributed by atoms with Crippen LogP contribution in [0.3, 0.4) is 0 Å². The lowest BCUT2D eigenvalue weighted by Crippen LogP contribution is -2.23. The average Bonchev–Trinajstić information content (AvgIpc) is 2.03. The van der Waals surface area contributed by atoms with Crippen LogP contribution in [0.15, 0.2) is 22.7 Å². The first-order chi connectivity index (χ1) is 6.02. The molecule has 0 atom stereocenters. The van der Waals surface area contributed by atoms with Gasteiger partial charge in [0.2, 0.25) is 0 Å². The molecule has 0 radical (unpaired) electrons. The predicted octanol–water partition coefficient (Wildman–Crippen LogP) is 0.721. The van der Waals surface area contributed by atoms with E-state index < -0.39 is 22.1 Å². The van der Waals surface area contributed by atoms with E-state index in [1.165, 1.54) is 6.07 Å². The van der Waals surface area contributed by atoms with E-state index in [2.05, 4.69) is 15.9 Å². The molecule has 6 heteroatoms. The van der Waals surface area contributed by atoms with Gasteiger partial charge in [0.1, 0.15) is 0 Å². The number of nitro groups is 1. The van der Waals surface area contributed by atoms with Crippen molar-refractivity contribution in [3.05, 3.63) is 38.3 Å². The van der Waals surface area contributed by atoms with Gasteiger partial charge in [-0.1, -0.05) is 15.9 Å². The predicted molar refractivity (Wildman–Crippen MR) is 45.1 cm³/mol. The molecule has 5 nitrogen and oxygen atoms in total. The van der Waals surface area contributed by atoms with Crippen molar-refractivity contribution in [1.82, 2.24) is 0 Å². The highest BCUT2D eigenvalue weighted by atomic mass is 79.9. The maximum Gasteiger partial charge on any atom is 0.278 e. The molecule has 0 saturated carbocycles. The normalized spacial score (nSPS) is 9.62. The second-order valence-corrected chi connectivity index (χ2v) is 3.12. The van der Waals surface area contributed by atoms with Crippen LogP contribution >= 0.6 is 15.9 Å². The van der Waals surface area contributed by atoms with Gasteiger partial charge in [0, 0.05) is 10.5 Å². The fraction of sp³-hybridized carbons (Fsp3) is 0. The maximum atomic E-state index is 10.4. The highest BCUT2D eigenvalue weighted by Crippen LogP contribution is 2.22. The van der Waals surface area contributed by atoms with Crippen molar-refractivity contribution < 1.29 is 14.8 Å². The van der Waals surface area contributed by atoms with Gasteiger partial charge in [-0.15, -0.1) is 0 Å². The molecule has 0 aliphatic carbocycles. The second-order valence-electron chi connectivity index (χ2n) is 2.21. The molecular formula is C7H3BrNO4-. The van der Waals surface area contributed by atoms with Crippen LogP contribution < -0.4 is 5.11 Å². The Morgan fingerprint density at radius 2 is 2.08 bits per heavy atom. The van der Waals surface area contributed by atoms with E-state index >= 15 is 0 Å². The number of aromatic carboxylic acids is 1. The van der Waals surface area contributed by atoms with E-state index in [1.54, 1.807) is 0 Å². The second kappa shape index (κ2) is 3.53. The number of nitro benzene ring substituents is 1. The summed E-state index contributed by atoms with van der Waals surface area (Å²) in [5.41, 5.74) is -0.900. The Morgan fingerprint density at radius 3 is 2.54 bits per heavy atom. The Morgan fingerprint density at radius 1 is 1.46 bits per heavy atom. The molecule has 0 spiro atoms. The van der Waals surface area contributed by atoms with Gasteiger partial charge in [-0.3, -0.25) is 10.1 Å². The number of hydrogen-bond donors (Lipinski definition) is 0. The minimum absolute atomic E-state index is 0.431. The van der Waals surface area contributed by atoms with Crippen LogP contribution in [0, 0.1) is 10.1 Å². The molecular weight excluding hydrogens is 242 g/mol. The molecule has 0 N–H and O–H groups in total. The SMILES string of the molecule is O=C([O-])c1cc(Br)ccc1[N+](=O)[O-]. The minimum atomic E-state index is -1.56. The van der Waals surface area contributed by atoms with Crippen LogP contribution in [-0.2, 0) is 0 Å². The Balaban J connectivity index is 3.35. The molecule has 1 rings (SSSR count). The summed E-state index contributed by atoms with van der Waals surface area (Å²) < 4.78 is 0.456. The van der Waals surface area contributed by atoms with Crippen LogP contribution in [0.2, 0.25) is 0 Å². The summed E-state index contributed by atoms with van der Waals surface area (Å²) in [7, 11) is 0. The number of hydrogen-bond acceptors (Lipinski definition) is 4. The summed E-state index contributed by atoms with van der Waals surface area (Å²) >= 11 is 3.00. The van der Waals surface area contributed by atoms with Crippen molar-refractivity contribution in [3.63, 3.8) is 0 Å². The zero-order valence-corrected chi connectivity index (χ0v) is 7.78. The number of carbonyl (C=O) groups excluding carboxylic acids is 1. The van der Waals surface area contributed by atoms with Crippen molar-refractivity contribution in [1.29, 1.82) is 0 Å². The zero-order chi connectivity index (χ0) is 10.0. The van der Waals surface area contributed by atoms with E-state index in [0.717, 1.165) is 12.1 Å². The zero-order valence-electron chi connectivity index (χ0n) is 6.19. The smallest absolute Gasteiger partial charge is 0.278 e. The summed E-state index contributed by atoms with van der Waals surface area (Å²) in [6.07, 6.45) is 0. The van der Waals surface area contributed by atoms with Crippen molar-refractivity contribution in [2.45, 2.75) is 0 Å². The standard InChI is InChI=1S/C7H4BrNO4/c8-4-1-2-6(9(12)13)5(3-4)7(10)11/h1-3H,(H,10,11)/p-1. The van der Waals surface area contributed by atoms with Crippen molar-refractivity contribution in [3.8, 4) is 0 Å². The van der Waals surface area contributed by atoms with E-state index in [-0.39, 0.29) is 0 Å². The molecule has 0 unspecified atom stereocenters. The van der Waals surface area contributed by atoms with Crippen LogP contribution in [0.25, 0.3) is 0 Å². The third-order valence-corrected chi connectivity index (χ3v) is 1.87. The Labute approximate surface area is 81.3 Å². The van der Waals surface area contributed by atoms with Gasteiger partial charge < -0.3 is 9.90 Å². The first-order valence-electron chi connectivity index (χ1n) is 3.17. The van der Waals surface area contributed by atoms with Gasteiger partial charge in [-0.05, 0) is 12.1 Å². The van der Waals surface area contributed by atoms with E-state index in [9.17, 15) is 20.0 Å². The Bertz CT molecular complexity index is 377. The fourth-order valence-electron chi connectivity index (χ4n) is 0.831. The first-order valence-corrected chi connectivity index (χ1v) is 3.97. The molecule has 0 aliphatic heterocycles. The topological polar surface area (TPSA) is 83.3 Å². The van der Waals surface area contributed by atoms with E-state index in [4.69, 9.17) is 0 Å². The van der Waals surface area contributed by atoms with Gasteiger partial charge in [0.15, 0.2) is 0 Å². The number of carbonyl (C=O) groups is 1. The lowest BCUT2D eigenvalue weighted by Gasteiger charge is -2.03. The Hall–Kier alpha value is -1.43.